The number of benzene rings is 1. The van der Waals surface area contributed by atoms with E-state index in [0.29, 0.717) is 12.1 Å². The first kappa shape index (κ1) is 11.3. The van der Waals surface area contributed by atoms with Crippen molar-refractivity contribution in [2.75, 3.05) is 0 Å². The van der Waals surface area contributed by atoms with Crippen LogP contribution in [0.4, 0.5) is 0 Å². The predicted molar refractivity (Wildman–Crippen MR) is 62.2 cm³/mol. The minimum absolute atomic E-state index is 0.263. The molecule has 0 aliphatic rings. The largest absolute Gasteiger partial charge is 0.225 e. The standard InChI is InChI=1S/C12H13N5/c1-9(2)12-14-15-16-17(12)8-11-6-4-3-5-10(11)7-13/h3-6,9H,8H2,1-2H3. The quantitative estimate of drug-likeness (QED) is 0.800. The van der Waals surface area contributed by atoms with Gasteiger partial charge in [0.25, 0.3) is 0 Å². The van der Waals surface area contributed by atoms with Gasteiger partial charge in [-0.05, 0) is 22.1 Å². The van der Waals surface area contributed by atoms with E-state index in [-0.39, 0.29) is 5.92 Å². The maximum absolute atomic E-state index is 9.01. The Morgan fingerprint density at radius 1 is 1.35 bits per heavy atom. The third-order valence-corrected chi connectivity index (χ3v) is 2.53. The van der Waals surface area contributed by atoms with Gasteiger partial charge in [-0.1, -0.05) is 32.0 Å². The van der Waals surface area contributed by atoms with E-state index >= 15 is 0 Å². The molecule has 0 saturated carbocycles. The first-order valence-corrected chi connectivity index (χ1v) is 5.46. The number of aromatic nitrogens is 4. The van der Waals surface area contributed by atoms with Gasteiger partial charge in [-0.25, -0.2) is 4.68 Å². The summed E-state index contributed by atoms with van der Waals surface area (Å²) in [5.74, 6) is 1.09. The Balaban J connectivity index is 2.32. The van der Waals surface area contributed by atoms with Gasteiger partial charge < -0.3 is 0 Å². The molecule has 1 heterocycles. The molecule has 0 saturated heterocycles. The van der Waals surface area contributed by atoms with Gasteiger partial charge in [0.05, 0.1) is 18.2 Å². The highest BCUT2D eigenvalue weighted by atomic mass is 15.5. The summed E-state index contributed by atoms with van der Waals surface area (Å²) in [7, 11) is 0. The highest BCUT2D eigenvalue weighted by Crippen LogP contribution is 2.13. The van der Waals surface area contributed by atoms with Crippen molar-refractivity contribution in [2.45, 2.75) is 26.3 Å². The minimum atomic E-state index is 0.263. The van der Waals surface area contributed by atoms with Crippen LogP contribution >= 0.6 is 0 Å². The van der Waals surface area contributed by atoms with E-state index in [0.717, 1.165) is 11.4 Å². The van der Waals surface area contributed by atoms with Crippen LogP contribution in [0.1, 0.15) is 36.7 Å². The molecule has 0 spiro atoms. The average Bonchev–Trinajstić information content (AvgIpc) is 2.78. The van der Waals surface area contributed by atoms with E-state index < -0.39 is 0 Å². The molecule has 0 atom stereocenters. The van der Waals surface area contributed by atoms with E-state index in [1.165, 1.54) is 0 Å². The van der Waals surface area contributed by atoms with E-state index in [2.05, 4.69) is 21.6 Å². The van der Waals surface area contributed by atoms with Gasteiger partial charge in [-0.2, -0.15) is 5.26 Å². The van der Waals surface area contributed by atoms with Crippen molar-refractivity contribution in [3.05, 3.63) is 41.2 Å². The van der Waals surface area contributed by atoms with Crippen LogP contribution < -0.4 is 0 Å². The van der Waals surface area contributed by atoms with E-state index in [1.54, 1.807) is 10.7 Å². The van der Waals surface area contributed by atoms with Gasteiger partial charge in [0.1, 0.15) is 0 Å². The van der Waals surface area contributed by atoms with Crippen molar-refractivity contribution in [1.82, 2.24) is 20.2 Å². The van der Waals surface area contributed by atoms with Crippen molar-refractivity contribution < 1.29 is 0 Å². The van der Waals surface area contributed by atoms with Crippen LogP contribution in [0.2, 0.25) is 0 Å². The third kappa shape index (κ3) is 2.31. The normalized spacial score (nSPS) is 10.5. The molecule has 0 fully saturated rings. The molecule has 0 bridgehead atoms. The SMILES string of the molecule is CC(C)c1nnnn1Cc1ccccc1C#N. The molecular formula is C12H13N5. The van der Waals surface area contributed by atoms with Gasteiger partial charge in [0, 0.05) is 5.92 Å². The summed E-state index contributed by atoms with van der Waals surface area (Å²) in [6.45, 7) is 4.61. The van der Waals surface area contributed by atoms with Gasteiger partial charge in [0.15, 0.2) is 5.82 Å². The topological polar surface area (TPSA) is 67.4 Å². The molecule has 86 valence electrons. The lowest BCUT2D eigenvalue weighted by Gasteiger charge is -2.07. The molecule has 0 radical (unpaired) electrons. The molecule has 5 nitrogen and oxygen atoms in total. The van der Waals surface area contributed by atoms with Crippen LogP contribution in [0, 0.1) is 11.3 Å². The maximum atomic E-state index is 9.01. The lowest BCUT2D eigenvalue weighted by molar-refractivity contribution is 0.595. The van der Waals surface area contributed by atoms with Gasteiger partial charge >= 0.3 is 0 Å². The Hall–Kier alpha value is -2.22. The molecule has 0 amide bonds. The van der Waals surface area contributed by atoms with Crippen LogP contribution in [0.15, 0.2) is 24.3 Å². The fourth-order valence-corrected chi connectivity index (χ4v) is 1.67. The summed E-state index contributed by atoms with van der Waals surface area (Å²) in [5.41, 5.74) is 1.60. The smallest absolute Gasteiger partial charge is 0.154 e. The van der Waals surface area contributed by atoms with Crippen LogP contribution in [0.5, 0.6) is 0 Å². The summed E-state index contributed by atoms with van der Waals surface area (Å²) >= 11 is 0. The summed E-state index contributed by atoms with van der Waals surface area (Å²) < 4.78 is 1.74. The predicted octanol–water partition coefficient (Wildman–Crippen LogP) is 1.72. The average molecular weight is 227 g/mol. The van der Waals surface area contributed by atoms with Crippen LogP contribution in [0.25, 0.3) is 0 Å². The summed E-state index contributed by atoms with van der Waals surface area (Å²) in [5, 5.41) is 20.6. The fraction of sp³-hybridized carbons (Fsp3) is 0.333. The highest BCUT2D eigenvalue weighted by Gasteiger charge is 2.11. The molecule has 0 aliphatic heterocycles. The summed E-state index contributed by atoms with van der Waals surface area (Å²) in [6, 6.07) is 9.66. The molecule has 2 aromatic rings. The van der Waals surface area contributed by atoms with Crippen molar-refractivity contribution in [3.63, 3.8) is 0 Å². The second kappa shape index (κ2) is 4.74. The number of nitriles is 1. The molecule has 17 heavy (non-hydrogen) atoms. The Labute approximate surface area is 99.7 Å². The number of tetrazole rings is 1. The third-order valence-electron chi connectivity index (χ3n) is 2.53. The fourth-order valence-electron chi connectivity index (χ4n) is 1.67. The molecule has 0 aliphatic carbocycles. The first-order valence-electron chi connectivity index (χ1n) is 5.46. The minimum Gasteiger partial charge on any atom is -0.225 e. The number of hydrogen-bond acceptors (Lipinski definition) is 4. The molecule has 0 unspecified atom stereocenters. The Morgan fingerprint density at radius 3 is 2.82 bits per heavy atom. The molecule has 1 aromatic heterocycles. The van der Waals surface area contributed by atoms with Crippen LogP contribution in [0.3, 0.4) is 0 Å². The Bertz CT molecular complexity index is 550. The first-order chi connectivity index (χ1) is 8.22. The number of hydrogen-bond donors (Lipinski definition) is 0. The molecule has 2 rings (SSSR count). The highest BCUT2D eigenvalue weighted by molar-refractivity contribution is 5.37. The molecular weight excluding hydrogens is 214 g/mol. The van der Waals surface area contributed by atoms with E-state index in [9.17, 15) is 0 Å². The monoisotopic (exact) mass is 227 g/mol. The van der Waals surface area contributed by atoms with Crippen molar-refractivity contribution in [3.8, 4) is 6.07 Å². The second-order valence-electron chi connectivity index (χ2n) is 4.12. The lowest BCUT2D eigenvalue weighted by atomic mass is 10.1. The van der Waals surface area contributed by atoms with Gasteiger partial charge in [-0.3, -0.25) is 0 Å². The van der Waals surface area contributed by atoms with E-state index in [1.807, 2.05) is 32.0 Å². The second-order valence-corrected chi connectivity index (χ2v) is 4.12. The Kier molecular flexibility index (Phi) is 3.15. The van der Waals surface area contributed by atoms with Crippen LogP contribution in [-0.2, 0) is 6.54 Å². The van der Waals surface area contributed by atoms with Crippen molar-refractivity contribution in [1.29, 1.82) is 5.26 Å². The Morgan fingerprint density at radius 2 is 2.12 bits per heavy atom. The van der Waals surface area contributed by atoms with Crippen molar-refractivity contribution in [2.24, 2.45) is 0 Å². The molecule has 0 N–H and O–H groups in total. The molecule has 1 aromatic carbocycles. The zero-order chi connectivity index (χ0) is 12.3. The summed E-state index contributed by atoms with van der Waals surface area (Å²) in [4.78, 5) is 0. The van der Waals surface area contributed by atoms with Crippen molar-refractivity contribution >= 4 is 0 Å². The lowest BCUT2D eigenvalue weighted by Crippen LogP contribution is -2.09. The number of rotatable bonds is 3. The van der Waals surface area contributed by atoms with Gasteiger partial charge in [-0.15, -0.1) is 5.10 Å². The summed E-state index contributed by atoms with van der Waals surface area (Å²) in [6.07, 6.45) is 0. The van der Waals surface area contributed by atoms with Crippen LogP contribution in [-0.4, -0.2) is 20.2 Å². The zero-order valence-electron chi connectivity index (χ0n) is 9.83. The zero-order valence-corrected chi connectivity index (χ0v) is 9.83. The molecule has 5 heteroatoms. The number of nitrogens with zero attached hydrogens (tertiary/aromatic N) is 5. The maximum Gasteiger partial charge on any atom is 0.154 e. The van der Waals surface area contributed by atoms with Gasteiger partial charge in [0.2, 0.25) is 0 Å². The van der Waals surface area contributed by atoms with E-state index in [4.69, 9.17) is 5.26 Å².